The Morgan fingerprint density at radius 1 is 1.35 bits per heavy atom. The van der Waals surface area contributed by atoms with E-state index in [0.29, 0.717) is 9.95 Å². The molecule has 3 N–H and O–H groups in total. The highest BCUT2D eigenvalue weighted by Gasteiger charge is 2.21. The van der Waals surface area contributed by atoms with Crippen LogP contribution in [0.15, 0.2) is 35.4 Å². The first kappa shape index (κ1) is 17.4. The van der Waals surface area contributed by atoms with Crippen LogP contribution in [0, 0.1) is 5.82 Å². The fourth-order valence-electron chi connectivity index (χ4n) is 3.03. The fourth-order valence-corrected chi connectivity index (χ4v) is 5.42. The number of aromatic nitrogens is 2. The van der Waals surface area contributed by atoms with Crippen LogP contribution in [-0.2, 0) is 0 Å². The lowest BCUT2D eigenvalue weighted by molar-refractivity contribution is 0.0996. The number of amides is 1. The number of thiophene rings is 1. The van der Waals surface area contributed by atoms with E-state index in [0.717, 1.165) is 46.8 Å². The summed E-state index contributed by atoms with van der Waals surface area (Å²) in [6.45, 7) is 1.97. The zero-order chi connectivity index (χ0) is 18.1. The number of rotatable bonds is 4. The second-order valence-corrected chi connectivity index (χ2v) is 8.51. The number of carbonyl (C=O) groups excluding carboxylic acids is 1. The zero-order valence-corrected chi connectivity index (χ0v) is 15.5. The summed E-state index contributed by atoms with van der Waals surface area (Å²) in [6, 6.07) is 8.36. The second kappa shape index (κ2) is 7.30. The predicted octanol–water partition coefficient (Wildman–Crippen LogP) is 3.44. The number of thioether (sulfide) groups is 1. The van der Waals surface area contributed by atoms with Crippen molar-refractivity contribution in [2.75, 3.05) is 13.1 Å². The zero-order valence-electron chi connectivity index (χ0n) is 13.9. The summed E-state index contributed by atoms with van der Waals surface area (Å²) >= 11 is 3.06. The lowest BCUT2D eigenvalue weighted by atomic mass is 10.1. The van der Waals surface area contributed by atoms with Gasteiger partial charge in [-0.05, 0) is 43.1 Å². The maximum absolute atomic E-state index is 13.6. The predicted molar refractivity (Wildman–Crippen MR) is 103 cm³/mol. The molecule has 0 spiro atoms. The number of hydrogen-bond donors (Lipinski definition) is 2. The minimum Gasteiger partial charge on any atom is -0.364 e. The summed E-state index contributed by atoms with van der Waals surface area (Å²) in [5.41, 5.74) is 6.40. The number of nitrogens with one attached hydrogen (secondary N) is 1. The van der Waals surface area contributed by atoms with E-state index in [9.17, 15) is 9.18 Å². The van der Waals surface area contributed by atoms with Gasteiger partial charge >= 0.3 is 0 Å². The van der Waals surface area contributed by atoms with Crippen molar-refractivity contribution in [3.05, 3.63) is 41.8 Å². The number of fused-ring (bicyclic) bond motifs is 1. The summed E-state index contributed by atoms with van der Waals surface area (Å²) < 4.78 is 14.3. The largest absolute Gasteiger partial charge is 0.364 e. The Bertz CT molecular complexity index is 969. The first-order valence-electron chi connectivity index (χ1n) is 8.35. The highest BCUT2D eigenvalue weighted by molar-refractivity contribution is 8.00. The van der Waals surface area contributed by atoms with Crippen molar-refractivity contribution < 1.29 is 9.18 Å². The summed E-state index contributed by atoms with van der Waals surface area (Å²) in [4.78, 5) is 12.6. The van der Waals surface area contributed by atoms with Crippen LogP contribution in [0.5, 0.6) is 0 Å². The van der Waals surface area contributed by atoms with Gasteiger partial charge in [-0.15, -0.1) is 21.5 Å². The molecule has 1 aliphatic heterocycles. The van der Waals surface area contributed by atoms with Crippen molar-refractivity contribution in [2.24, 2.45) is 5.73 Å². The van der Waals surface area contributed by atoms with Crippen LogP contribution in [0.2, 0.25) is 0 Å². The molecular weight excluding hydrogens is 371 g/mol. The Labute approximate surface area is 158 Å². The molecule has 3 heterocycles. The third kappa shape index (κ3) is 3.44. The molecule has 1 atom stereocenters. The molecule has 8 heteroatoms. The molecule has 3 aromatic rings. The molecule has 4 rings (SSSR count). The van der Waals surface area contributed by atoms with Crippen molar-refractivity contribution in [3.8, 4) is 10.4 Å². The second-order valence-electron chi connectivity index (χ2n) is 6.17. The Balaban J connectivity index is 1.80. The van der Waals surface area contributed by atoms with Crippen LogP contribution < -0.4 is 11.1 Å². The van der Waals surface area contributed by atoms with Gasteiger partial charge in [0.25, 0.3) is 5.91 Å². The van der Waals surface area contributed by atoms with Crippen LogP contribution in [-0.4, -0.2) is 34.4 Å². The Morgan fingerprint density at radius 3 is 2.96 bits per heavy atom. The van der Waals surface area contributed by atoms with Crippen molar-refractivity contribution in [1.82, 2.24) is 15.5 Å². The van der Waals surface area contributed by atoms with E-state index in [1.54, 1.807) is 17.8 Å². The van der Waals surface area contributed by atoms with E-state index < -0.39 is 5.91 Å². The maximum atomic E-state index is 13.6. The molecule has 1 fully saturated rings. The van der Waals surface area contributed by atoms with Crippen LogP contribution in [0.4, 0.5) is 4.39 Å². The minimum atomic E-state index is -0.606. The van der Waals surface area contributed by atoms with Crippen LogP contribution in [0.3, 0.4) is 0 Å². The maximum Gasteiger partial charge on any atom is 0.270 e. The summed E-state index contributed by atoms with van der Waals surface area (Å²) in [5, 5.41) is 13.8. The molecular formula is C18H17FN4OS2. The standard InChI is InChI=1S/C18H17FN4OS2/c19-11-4-1-3-10(7-11)14-8-13-16(26-14)15(17(20)24)22-23-18(13)25-12-5-2-6-21-9-12/h1,3-4,7-8,12,21H,2,5-6,9H2,(H2,20,24). The molecule has 1 amide bonds. The van der Waals surface area contributed by atoms with E-state index in [-0.39, 0.29) is 11.5 Å². The average Bonchev–Trinajstić information content (AvgIpc) is 3.08. The summed E-state index contributed by atoms with van der Waals surface area (Å²) in [5.74, 6) is -0.903. The molecule has 1 unspecified atom stereocenters. The van der Waals surface area contributed by atoms with E-state index in [1.807, 2.05) is 12.1 Å². The van der Waals surface area contributed by atoms with Crippen molar-refractivity contribution in [2.45, 2.75) is 23.1 Å². The number of nitrogens with zero attached hydrogens (tertiary/aromatic N) is 2. The first-order chi connectivity index (χ1) is 12.6. The molecule has 0 radical (unpaired) electrons. The number of halogens is 1. The third-order valence-corrected chi connectivity index (χ3v) is 6.74. The minimum absolute atomic E-state index is 0.166. The van der Waals surface area contributed by atoms with Crippen LogP contribution in [0.25, 0.3) is 20.5 Å². The normalized spacial score (nSPS) is 17.5. The monoisotopic (exact) mass is 388 g/mol. The number of piperidine rings is 1. The van der Waals surface area contributed by atoms with Crippen LogP contribution in [0.1, 0.15) is 23.3 Å². The van der Waals surface area contributed by atoms with Gasteiger partial charge in [0, 0.05) is 22.1 Å². The van der Waals surface area contributed by atoms with E-state index in [4.69, 9.17) is 5.73 Å². The fraction of sp³-hybridized carbons (Fsp3) is 0.278. The van der Waals surface area contributed by atoms with Crippen LogP contribution >= 0.6 is 23.1 Å². The Hall–Kier alpha value is -2.03. The van der Waals surface area contributed by atoms with E-state index >= 15 is 0 Å². The van der Waals surface area contributed by atoms with Crippen molar-refractivity contribution in [3.63, 3.8) is 0 Å². The highest BCUT2D eigenvalue weighted by Crippen LogP contribution is 2.40. The van der Waals surface area contributed by atoms with Gasteiger partial charge in [-0.25, -0.2) is 4.39 Å². The molecule has 134 valence electrons. The smallest absolute Gasteiger partial charge is 0.270 e. The lowest BCUT2D eigenvalue weighted by Crippen LogP contribution is -2.31. The van der Waals surface area contributed by atoms with Crippen molar-refractivity contribution >= 4 is 39.1 Å². The molecule has 1 saturated heterocycles. The van der Waals surface area contributed by atoms with Gasteiger partial charge in [-0.2, -0.15) is 0 Å². The van der Waals surface area contributed by atoms with E-state index in [1.165, 1.54) is 23.5 Å². The Morgan fingerprint density at radius 2 is 2.23 bits per heavy atom. The average molecular weight is 388 g/mol. The van der Waals surface area contributed by atoms with Gasteiger partial charge in [0.2, 0.25) is 0 Å². The third-order valence-electron chi connectivity index (χ3n) is 4.29. The van der Waals surface area contributed by atoms with Gasteiger partial charge in [-0.3, -0.25) is 4.79 Å². The molecule has 5 nitrogen and oxygen atoms in total. The molecule has 0 saturated carbocycles. The van der Waals surface area contributed by atoms with E-state index in [2.05, 4.69) is 15.5 Å². The number of nitrogens with two attached hydrogens (primary N) is 1. The van der Waals surface area contributed by atoms with Gasteiger partial charge in [-0.1, -0.05) is 23.9 Å². The number of hydrogen-bond acceptors (Lipinski definition) is 6. The Kier molecular flexibility index (Phi) is 4.88. The number of benzene rings is 1. The van der Waals surface area contributed by atoms with Gasteiger partial charge < -0.3 is 11.1 Å². The molecule has 1 aromatic carbocycles. The highest BCUT2D eigenvalue weighted by atomic mass is 32.2. The molecule has 0 bridgehead atoms. The lowest BCUT2D eigenvalue weighted by Gasteiger charge is -2.21. The molecule has 26 heavy (non-hydrogen) atoms. The topological polar surface area (TPSA) is 80.9 Å². The summed E-state index contributed by atoms with van der Waals surface area (Å²) in [7, 11) is 0. The SMILES string of the molecule is NC(=O)c1nnc(SC2CCCNC2)c2cc(-c3cccc(F)c3)sc12. The van der Waals surface area contributed by atoms with Gasteiger partial charge in [0.15, 0.2) is 5.69 Å². The first-order valence-corrected chi connectivity index (χ1v) is 10.0. The van der Waals surface area contributed by atoms with Gasteiger partial charge in [0.1, 0.15) is 10.8 Å². The molecule has 2 aromatic heterocycles. The number of carbonyl (C=O) groups is 1. The van der Waals surface area contributed by atoms with Gasteiger partial charge in [0.05, 0.1) is 4.70 Å². The van der Waals surface area contributed by atoms with Crippen molar-refractivity contribution in [1.29, 1.82) is 0 Å². The number of primary amides is 1. The molecule has 0 aliphatic carbocycles. The molecule has 1 aliphatic rings. The quantitative estimate of drug-likeness (QED) is 0.716. The summed E-state index contributed by atoms with van der Waals surface area (Å²) in [6.07, 6.45) is 2.24.